The first kappa shape index (κ1) is 42.8. The standard InChI is InChI=1S/C42H54N8O6S2/c1-24(2)32(21-55-56-23-43)40(51)49-19-26(22-57)15-35(49)38-44-17-33(46-38)29-11-7-27(8-12-29)28-9-13-30(14-10-28)34-18-45-39(47-34)36-16-31(58-6)20-50(36)41(52)37(25(3)4)48-42(53)54-5/h7-14,17-18,23-26,31-32,35-37,43,57H,15-16,19-22H2,1-6H3,(H,44,46)(H,45,47)(H,48,53)/t26-,31-,32?,35+,36+,37+/m1/s1. The zero-order valence-electron chi connectivity index (χ0n) is 33.8. The topological polar surface area (TPSA) is 179 Å². The molecule has 0 bridgehead atoms. The van der Waals surface area contributed by atoms with Gasteiger partial charge in [-0.15, -0.1) is 0 Å². The van der Waals surface area contributed by atoms with Crippen molar-refractivity contribution in [1.29, 1.82) is 5.41 Å². The van der Waals surface area contributed by atoms with E-state index >= 15 is 0 Å². The van der Waals surface area contributed by atoms with Crippen molar-refractivity contribution in [3.8, 4) is 33.6 Å². The minimum absolute atomic E-state index is 0.0142. The molecule has 3 amide bonds. The molecule has 0 radical (unpaired) electrons. The Morgan fingerprint density at radius 3 is 1.88 bits per heavy atom. The number of likely N-dealkylation sites (tertiary alicyclic amines) is 2. The van der Waals surface area contributed by atoms with Gasteiger partial charge in [-0.2, -0.15) is 29.3 Å². The molecule has 4 N–H and O–H groups in total. The Morgan fingerprint density at radius 2 is 1.40 bits per heavy atom. The van der Waals surface area contributed by atoms with Gasteiger partial charge in [0.2, 0.25) is 18.2 Å². The number of carbonyl (C=O) groups excluding carboxylic acids is 3. The number of thiol groups is 1. The van der Waals surface area contributed by atoms with Crippen LogP contribution in [0.15, 0.2) is 60.9 Å². The number of methoxy groups -OCH3 is 1. The average molecular weight is 831 g/mol. The maximum absolute atomic E-state index is 13.8. The predicted molar refractivity (Wildman–Crippen MR) is 228 cm³/mol. The Balaban J connectivity index is 1.13. The lowest BCUT2D eigenvalue weighted by atomic mass is 9.95. The molecule has 310 valence electrons. The highest BCUT2D eigenvalue weighted by Gasteiger charge is 2.42. The second kappa shape index (κ2) is 19.3. The minimum Gasteiger partial charge on any atom is -0.453 e. The second-order valence-corrected chi connectivity index (χ2v) is 17.1. The normalized spacial score (nSPS) is 20.4. The van der Waals surface area contributed by atoms with Gasteiger partial charge in [-0.25, -0.2) is 14.8 Å². The van der Waals surface area contributed by atoms with Crippen LogP contribution in [0.1, 0.15) is 64.3 Å². The lowest BCUT2D eigenvalue weighted by molar-refractivity contribution is -0.229. The summed E-state index contributed by atoms with van der Waals surface area (Å²) in [5, 5.41) is 10.0. The lowest BCUT2D eigenvalue weighted by Crippen LogP contribution is -2.51. The van der Waals surface area contributed by atoms with Crippen molar-refractivity contribution in [3.05, 3.63) is 72.6 Å². The molecular weight excluding hydrogens is 777 g/mol. The van der Waals surface area contributed by atoms with Crippen molar-refractivity contribution in [2.24, 2.45) is 23.7 Å². The molecule has 16 heteroatoms. The first-order valence-electron chi connectivity index (χ1n) is 19.6. The quantitative estimate of drug-likeness (QED) is 0.0196. The van der Waals surface area contributed by atoms with E-state index in [0.29, 0.717) is 25.2 Å². The van der Waals surface area contributed by atoms with Crippen LogP contribution in [0.25, 0.3) is 33.6 Å². The lowest BCUT2D eigenvalue weighted by Gasteiger charge is -2.30. The molecule has 4 heterocycles. The molecule has 0 aliphatic carbocycles. The molecule has 2 aliphatic heterocycles. The molecule has 1 unspecified atom stereocenters. The van der Waals surface area contributed by atoms with Gasteiger partial charge in [-0.1, -0.05) is 76.2 Å². The Labute approximate surface area is 349 Å². The van der Waals surface area contributed by atoms with Crippen LogP contribution >= 0.6 is 24.4 Å². The van der Waals surface area contributed by atoms with E-state index in [2.05, 4.69) is 81.3 Å². The molecule has 4 aromatic rings. The highest BCUT2D eigenvalue weighted by molar-refractivity contribution is 7.99. The van der Waals surface area contributed by atoms with Crippen molar-refractivity contribution in [2.75, 3.05) is 38.8 Å². The van der Waals surface area contributed by atoms with Crippen LogP contribution in [0.5, 0.6) is 0 Å². The van der Waals surface area contributed by atoms with E-state index in [1.807, 2.05) is 56.1 Å². The number of hydrogen-bond acceptors (Lipinski definition) is 11. The highest BCUT2D eigenvalue weighted by Crippen LogP contribution is 2.39. The van der Waals surface area contributed by atoms with Gasteiger partial charge in [0.05, 0.1) is 48.9 Å². The monoisotopic (exact) mass is 830 g/mol. The van der Waals surface area contributed by atoms with Crippen molar-refractivity contribution in [2.45, 2.75) is 63.9 Å². The van der Waals surface area contributed by atoms with E-state index in [1.54, 1.807) is 11.8 Å². The molecule has 6 atom stereocenters. The summed E-state index contributed by atoms with van der Waals surface area (Å²) >= 11 is 6.28. The Bertz CT molecular complexity index is 2020. The van der Waals surface area contributed by atoms with E-state index in [0.717, 1.165) is 58.1 Å². The van der Waals surface area contributed by atoms with E-state index in [9.17, 15) is 14.4 Å². The SMILES string of the molecule is COC(=O)N[C@H](C(=O)N1C[C@H](SC)C[C@H]1c1ncc(-c2ccc(-c3ccc(-c4cnc([C@@H]5C[C@@H](CS)CN5C(=O)C(COOC=N)C(C)C)[nH]4)cc3)cc2)[nH]1)C(C)C. The Morgan fingerprint density at radius 1 is 0.862 bits per heavy atom. The third kappa shape index (κ3) is 9.56. The third-order valence-corrected chi connectivity index (χ3v) is 12.8. The summed E-state index contributed by atoms with van der Waals surface area (Å²) in [5.41, 5.74) is 5.78. The number of H-pyrrole nitrogens is 2. The smallest absolute Gasteiger partial charge is 0.407 e. The van der Waals surface area contributed by atoms with Crippen LogP contribution in [0, 0.1) is 29.1 Å². The van der Waals surface area contributed by atoms with E-state index in [-0.39, 0.29) is 53.5 Å². The number of alkyl carbamates (subject to hydrolysis) is 1. The van der Waals surface area contributed by atoms with Crippen LogP contribution in [0.2, 0.25) is 0 Å². The predicted octanol–water partition coefficient (Wildman–Crippen LogP) is 7.17. The molecule has 0 spiro atoms. The number of rotatable bonds is 16. The van der Waals surface area contributed by atoms with Crippen LogP contribution < -0.4 is 5.32 Å². The Kier molecular flexibility index (Phi) is 14.2. The molecule has 2 aromatic heterocycles. The van der Waals surface area contributed by atoms with Gasteiger partial charge in [0, 0.05) is 18.3 Å². The van der Waals surface area contributed by atoms with E-state index < -0.39 is 18.1 Å². The molecule has 2 saturated heterocycles. The van der Waals surface area contributed by atoms with Crippen LogP contribution in [0.4, 0.5) is 4.79 Å². The van der Waals surface area contributed by atoms with E-state index in [1.165, 1.54) is 7.11 Å². The first-order valence-corrected chi connectivity index (χ1v) is 21.6. The number of hydrogen-bond donors (Lipinski definition) is 5. The van der Waals surface area contributed by atoms with Gasteiger partial charge in [0.15, 0.2) is 0 Å². The number of aromatic nitrogens is 4. The number of carbonyl (C=O) groups is 3. The fourth-order valence-corrected chi connectivity index (χ4v) is 8.75. The van der Waals surface area contributed by atoms with Gasteiger partial charge in [0.25, 0.3) is 0 Å². The largest absolute Gasteiger partial charge is 0.453 e. The molecule has 0 saturated carbocycles. The van der Waals surface area contributed by atoms with Crippen molar-refractivity contribution < 1.29 is 28.9 Å². The number of imidazole rings is 2. The number of thioether (sulfide) groups is 1. The summed E-state index contributed by atoms with van der Waals surface area (Å²) in [6.07, 6.45) is 7.27. The number of nitrogens with one attached hydrogen (secondary N) is 4. The number of nitrogens with zero attached hydrogens (tertiary/aromatic N) is 4. The summed E-state index contributed by atoms with van der Waals surface area (Å²) < 4.78 is 4.79. The second-order valence-electron chi connectivity index (χ2n) is 15.6. The number of aromatic amines is 2. The zero-order valence-corrected chi connectivity index (χ0v) is 35.5. The number of benzene rings is 2. The highest BCUT2D eigenvalue weighted by atomic mass is 32.2. The van der Waals surface area contributed by atoms with Gasteiger partial charge in [-0.3, -0.25) is 15.0 Å². The molecule has 14 nitrogen and oxygen atoms in total. The molecule has 2 aromatic carbocycles. The molecule has 2 fully saturated rings. The maximum Gasteiger partial charge on any atom is 0.407 e. The minimum atomic E-state index is -0.709. The summed E-state index contributed by atoms with van der Waals surface area (Å²) in [6, 6.07) is 15.4. The summed E-state index contributed by atoms with van der Waals surface area (Å²) in [7, 11) is 1.29. The molecular formula is C42H54N8O6S2. The van der Waals surface area contributed by atoms with Crippen LogP contribution in [-0.4, -0.2) is 104 Å². The van der Waals surface area contributed by atoms with E-state index in [4.69, 9.17) is 25.0 Å². The fourth-order valence-electron chi connectivity index (χ4n) is 7.81. The summed E-state index contributed by atoms with van der Waals surface area (Å²) in [4.78, 5) is 69.6. The van der Waals surface area contributed by atoms with Crippen LogP contribution in [-0.2, 0) is 24.1 Å². The van der Waals surface area contributed by atoms with Crippen molar-refractivity contribution in [3.63, 3.8) is 0 Å². The van der Waals surface area contributed by atoms with Gasteiger partial charge in [-0.05, 0) is 64.9 Å². The zero-order chi connectivity index (χ0) is 41.5. The number of amides is 3. The Hall–Kier alpha value is -4.80. The average Bonchev–Trinajstić information content (AvgIpc) is 4.07. The maximum atomic E-state index is 13.8. The van der Waals surface area contributed by atoms with Gasteiger partial charge >= 0.3 is 6.09 Å². The summed E-state index contributed by atoms with van der Waals surface area (Å²) in [6.45, 7) is 8.98. The van der Waals surface area contributed by atoms with Gasteiger partial charge in [0.1, 0.15) is 24.3 Å². The fraction of sp³-hybridized carbons (Fsp3) is 0.476. The first-order chi connectivity index (χ1) is 28.0. The summed E-state index contributed by atoms with van der Waals surface area (Å²) in [5.74, 6) is 1.65. The van der Waals surface area contributed by atoms with Crippen molar-refractivity contribution >= 4 is 48.7 Å². The number of ether oxygens (including phenoxy) is 1. The van der Waals surface area contributed by atoms with Gasteiger partial charge < -0.3 is 34.7 Å². The molecule has 58 heavy (non-hydrogen) atoms. The van der Waals surface area contributed by atoms with Crippen molar-refractivity contribution in [1.82, 2.24) is 35.1 Å². The molecule has 6 rings (SSSR count). The third-order valence-electron chi connectivity index (χ3n) is 11.2. The van der Waals surface area contributed by atoms with Crippen LogP contribution in [0.3, 0.4) is 0 Å². The molecule has 2 aliphatic rings.